The smallest absolute Gasteiger partial charge is 0.160 e. The van der Waals surface area contributed by atoms with Crippen LogP contribution in [0, 0.1) is 12.8 Å². The summed E-state index contributed by atoms with van der Waals surface area (Å²) in [6, 6.07) is 6.08. The molecule has 2 rings (SSSR count). The summed E-state index contributed by atoms with van der Waals surface area (Å²) < 4.78 is 6.42. The molecule has 1 aromatic heterocycles. The molecule has 0 atom stereocenters. The number of hydrogen-bond acceptors (Lipinski definition) is 4. The van der Waals surface area contributed by atoms with Crippen molar-refractivity contribution in [3.05, 3.63) is 32.6 Å². The second-order valence-electron chi connectivity index (χ2n) is 5.39. The molecule has 0 aliphatic rings. The Bertz CT molecular complexity index is 610. The van der Waals surface area contributed by atoms with Gasteiger partial charge in [0, 0.05) is 10.4 Å². The van der Waals surface area contributed by atoms with Crippen LogP contribution in [0.2, 0.25) is 0 Å². The zero-order chi connectivity index (χ0) is 15.4. The van der Waals surface area contributed by atoms with Gasteiger partial charge in [0.15, 0.2) is 3.92 Å². The molecule has 1 heterocycles. The summed E-state index contributed by atoms with van der Waals surface area (Å²) in [6.07, 6.45) is 1.03. The summed E-state index contributed by atoms with van der Waals surface area (Å²) in [6.45, 7) is 6.79. The molecular weight excluding hydrogens is 350 g/mol. The lowest BCUT2D eigenvalue weighted by molar-refractivity contribution is 0.200. The van der Waals surface area contributed by atoms with Crippen molar-refractivity contribution in [1.82, 2.24) is 4.98 Å². The highest BCUT2D eigenvalue weighted by atomic mass is 79.9. The molecular formula is C16H20BrNO2S. The monoisotopic (exact) mass is 369 g/mol. The van der Waals surface area contributed by atoms with E-state index in [0.29, 0.717) is 12.5 Å². The van der Waals surface area contributed by atoms with Crippen LogP contribution in [0.25, 0.3) is 11.3 Å². The van der Waals surface area contributed by atoms with Crippen LogP contribution < -0.4 is 4.74 Å². The Hall–Kier alpha value is -0.910. The molecule has 0 amide bonds. The van der Waals surface area contributed by atoms with E-state index < -0.39 is 0 Å². The van der Waals surface area contributed by atoms with E-state index in [1.54, 1.807) is 11.3 Å². The maximum absolute atomic E-state index is 8.84. The van der Waals surface area contributed by atoms with E-state index in [0.717, 1.165) is 32.9 Å². The molecule has 0 radical (unpaired) electrons. The first-order valence-electron chi connectivity index (χ1n) is 7.01. The second kappa shape index (κ2) is 7.38. The van der Waals surface area contributed by atoms with Gasteiger partial charge in [0.25, 0.3) is 0 Å². The number of aryl methyl sites for hydroxylation is 1. The van der Waals surface area contributed by atoms with E-state index in [1.165, 1.54) is 4.88 Å². The predicted octanol–water partition coefficient (Wildman–Crippen LogP) is 4.45. The van der Waals surface area contributed by atoms with E-state index in [-0.39, 0.29) is 6.61 Å². The topological polar surface area (TPSA) is 42.4 Å². The molecule has 0 spiro atoms. The van der Waals surface area contributed by atoms with Crippen molar-refractivity contribution in [1.29, 1.82) is 0 Å². The summed E-state index contributed by atoms with van der Waals surface area (Å²) in [4.78, 5) is 5.93. The SMILES string of the molecule is Cc1cc(-c2nc(Br)sc2CC(C)C)ccc1OCCO. The highest BCUT2D eigenvalue weighted by molar-refractivity contribution is 9.11. The van der Waals surface area contributed by atoms with Gasteiger partial charge >= 0.3 is 0 Å². The zero-order valence-electron chi connectivity index (χ0n) is 12.5. The molecule has 1 aromatic carbocycles. The molecule has 0 bridgehead atoms. The van der Waals surface area contributed by atoms with Crippen LogP contribution in [0.3, 0.4) is 0 Å². The number of rotatable bonds is 6. The first kappa shape index (κ1) is 16.5. The first-order chi connectivity index (χ1) is 10.0. The largest absolute Gasteiger partial charge is 0.491 e. The van der Waals surface area contributed by atoms with Gasteiger partial charge in [-0.05, 0) is 59.0 Å². The normalized spacial score (nSPS) is 11.1. The van der Waals surface area contributed by atoms with Gasteiger partial charge in [0.2, 0.25) is 0 Å². The Morgan fingerprint density at radius 1 is 1.38 bits per heavy atom. The number of ether oxygens (including phenoxy) is 1. The Kier molecular flexibility index (Phi) is 5.79. The van der Waals surface area contributed by atoms with E-state index in [4.69, 9.17) is 9.84 Å². The number of halogens is 1. The standard InChI is InChI=1S/C16H20BrNO2S/c1-10(2)8-14-15(18-16(17)21-14)12-4-5-13(11(3)9-12)20-7-6-19/h4-5,9-10,19H,6-8H2,1-3H3. The van der Waals surface area contributed by atoms with Gasteiger partial charge in [-0.2, -0.15) is 0 Å². The number of benzene rings is 1. The van der Waals surface area contributed by atoms with Crippen LogP contribution in [0.15, 0.2) is 22.1 Å². The number of nitrogens with zero attached hydrogens (tertiary/aromatic N) is 1. The van der Waals surface area contributed by atoms with Crippen LogP contribution in [0.1, 0.15) is 24.3 Å². The first-order valence-corrected chi connectivity index (χ1v) is 8.62. The number of aliphatic hydroxyl groups excluding tert-OH is 1. The molecule has 21 heavy (non-hydrogen) atoms. The van der Waals surface area contributed by atoms with Gasteiger partial charge < -0.3 is 9.84 Å². The Morgan fingerprint density at radius 3 is 2.76 bits per heavy atom. The minimum Gasteiger partial charge on any atom is -0.491 e. The summed E-state index contributed by atoms with van der Waals surface area (Å²) in [5.74, 6) is 1.41. The molecule has 0 aliphatic heterocycles. The van der Waals surface area contributed by atoms with Gasteiger partial charge in [-0.1, -0.05) is 13.8 Å². The van der Waals surface area contributed by atoms with Gasteiger partial charge in [-0.3, -0.25) is 0 Å². The second-order valence-corrected chi connectivity index (χ2v) is 7.75. The average molecular weight is 370 g/mol. The molecule has 3 nitrogen and oxygen atoms in total. The minimum absolute atomic E-state index is 0.0265. The van der Waals surface area contributed by atoms with Crippen molar-refractivity contribution in [2.45, 2.75) is 27.2 Å². The molecule has 0 aliphatic carbocycles. The molecule has 2 aromatic rings. The van der Waals surface area contributed by atoms with Crippen LogP contribution in [-0.4, -0.2) is 23.3 Å². The van der Waals surface area contributed by atoms with Crippen LogP contribution >= 0.6 is 27.3 Å². The quantitative estimate of drug-likeness (QED) is 0.817. The Balaban J connectivity index is 2.32. The fourth-order valence-corrected chi connectivity index (χ4v) is 3.95. The summed E-state index contributed by atoms with van der Waals surface area (Å²) in [7, 11) is 0. The van der Waals surface area contributed by atoms with Gasteiger partial charge in [-0.25, -0.2) is 4.98 Å². The van der Waals surface area contributed by atoms with E-state index in [9.17, 15) is 0 Å². The number of hydrogen-bond donors (Lipinski definition) is 1. The van der Waals surface area contributed by atoms with Crippen molar-refractivity contribution in [3.8, 4) is 17.0 Å². The Labute approximate surface area is 138 Å². The molecule has 0 saturated carbocycles. The van der Waals surface area contributed by atoms with Crippen LogP contribution in [-0.2, 0) is 6.42 Å². The lowest BCUT2D eigenvalue weighted by atomic mass is 10.0. The van der Waals surface area contributed by atoms with E-state index >= 15 is 0 Å². The number of aliphatic hydroxyl groups is 1. The van der Waals surface area contributed by atoms with E-state index in [1.807, 2.05) is 19.1 Å². The molecule has 5 heteroatoms. The lowest BCUT2D eigenvalue weighted by Gasteiger charge is -2.10. The van der Waals surface area contributed by atoms with Gasteiger partial charge in [0.1, 0.15) is 12.4 Å². The summed E-state index contributed by atoms with van der Waals surface area (Å²) in [5, 5.41) is 8.84. The highest BCUT2D eigenvalue weighted by Crippen LogP contribution is 2.34. The van der Waals surface area contributed by atoms with Gasteiger partial charge in [0.05, 0.1) is 12.3 Å². The van der Waals surface area contributed by atoms with Crippen molar-refractivity contribution < 1.29 is 9.84 Å². The molecule has 0 unspecified atom stereocenters. The van der Waals surface area contributed by atoms with Crippen molar-refractivity contribution in [2.24, 2.45) is 5.92 Å². The number of aromatic nitrogens is 1. The van der Waals surface area contributed by atoms with Crippen LogP contribution in [0.4, 0.5) is 0 Å². The Morgan fingerprint density at radius 2 is 2.14 bits per heavy atom. The maximum Gasteiger partial charge on any atom is 0.160 e. The third-order valence-corrected chi connectivity index (χ3v) is 4.59. The lowest BCUT2D eigenvalue weighted by Crippen LogP contribution is -2.02. The van der Waals surface area contributed by atoms with Gasteiger partial charge in [-0.15, -0.1) is 11.3 Å². The third-order valence-electron chi connectivity index (χ3n) is 3.06. The minimum atomic E-state index is 0.0265. The molecule has 1 N–H and O–H groups in total. The fraction of sp³-hybridized carbons (Fsp3) is 0.438. The van der Waals surface area contributed by atoms with Crippen LogP contribution in [0.5, 0.6) is 5.75 Å². The molecule has 0 fully saturated rings. The highest BCUT2D eigenvalue weighted by Gasteiger charge is 2.14. The predicted molar refractivity (Wildman–Crippen MR) is 91.1 cm³/mol. The molecule has 0 saturated heterocycles. The van der Waals surface area contributed by atoms with Crippen molar-refractivity contribution >= 4 is 27.3 Å². The van der Waals surface area contributed by atoms with Crippen molar-refractivity contribution in [3.63, 3.8) is 0 Å². The maximum atomic E-state index is 8.84. The zero-order valence-corrected chi connectivity index (χ0v) is 14.9. The average Bonchev–Trinajstić information content (AvgIpc) is 2.77. The fourth-order valence-electron chi connectivity index (χ4n) is 2.17. The summed E-state index contributed by atoms with van der Waals surface area (Å²) in [5.41, 5.74) is 3.22. The summed E-state index contributed by atoms with van der Waals surface area (Å²) >= 11 is 5.20. The number of thiazole rings is 1. The van der Waals surface area contributed by atoms with Crippen molar-refractivity contribution in [2.75, 3.05) is 13.2 Å². The third kappa shape index (κ3) is 4.28. The molecule has 114 valence electrons. The van der Waals surface area contributed by atoms with E-state index in [2.05, 4.69) is 40.8 Å².